The van der Waals surface area contributed by atoms with Gasteiger partial charge < -0.3 is 19.9 Å². The molecule has 0 spiro atoms. The van der Waals surface area contributed by atoms with Crippen LogP contribution in [0.15, 0.2) is 46.9 Å². The Morgan fingerprint density at radius 3 is 2.74 bits per heavy atom. The van der Waals surface area contributed by atoms with Crippen molar-refractivity contribution in [2.75, 3.05) is 37.4 Å². The van der Waals surface area contributed by atoms with Crippen molar-refractivity contribution < 1.29 is 14.3 Å². The molecule has 0 saturated carbocycles. The number of fused-ring (bicyclic) bond motifs is 1. The number of nitrogens with one attached hydrogen (secondary N) is 1. The maximum absolute atomic E-state index is 12.6. The molecule has 27 heavy (non-hydrogen) atoms. The van der Waals surface area contributed by atoms with Crippen molar-refractivity contribution >= 4 is 39.1 Å². The van der Waals surface area contributed by atoms with Crippen molar-refractivity contribution in [3.63, 3.8) is 0 Å². The molecule has 2 aromatic carbocycles. The molecule has 1 aliphatic rings. The number of hydrogen-bond donors (Lipinski definition) is 1. The summed E-state index contributed by atoms with van der Waals surface area (Å²) in [6.07, 6.45) is -0.526. The Kier molecular flexibility index (Phi) is 5.82. The summed E-state index contributed by atoms with van der Waals surface area (Å²) in [6.45, 7) is 3.03. The fourth-order valence-corrected chi connectivity index (χ4v) is 3.25. The summed E-state index contributed by atoms with van der Waals surface area (Å²) in [7, 11) is 3.92. The van der Waals surface area contributed by atoms with E-state index in [4.69, 9.17) is 4.74 Å². The minimum atomic E-state index is -0.526. The summed E-state index contributed by atoms with van der Waals surface area (Å²) < 4.78 is 6.55. The van der Waals surface area contributed by atoms with E-state index >= 15 is 0 Å². The van der Waals surface area contributed by atoms with Gasteiger partial charge in [-0.2, -0.15) is 0 Å². The molecule has 0 saturated heterocycles. The molecule has 1 atom stereocenters. The number of halogens is 1. The van der Waals surface area contributed by atoms with Gasteiger partial charge in [-0.05, 0) is 57.4 Å². The number of anilines is 2. The molecule has 0 bridgehead atoms. The van der Waals surface area contributed by atoms with E-state index in [0.717, 1.165) is 11.0 Å². The Hall–Kier alpha value is -2.38. The predicted octanol–water partition coefficient (Wildman–Crippen LogP) is 3.38. The molecule has 1 aliphatic heterocycles. The van der Waals surface area contributed by atoms with Crippen molar-refractivity contribution in [2.24, 2.45) is 0 Å². The minimum Gasteiger partial charge on any atom is -0.479 e. The van der Waals surface area contributed by atoms with E-state index in [1.807, 2.05) is 31.1 Å². The molecule has 142 valence electrons. The van der Waals surface area contributed by atoms with Crippen LogP contribution >= 0.6 is 15.9 Å². The average Bonchev–Trinajstić information content (AvgIpc) is 2.62. The predicted molar refractivity (Wildman–Crippen MR) is 110 cm³/mol. The number of benzene rings is 2. The lowest BCUT2D eigenvalue weighted by molar-refractivity contribution is -0.125. The molecule has 1 heterocycles. The van der Waals surface area contributed by atoms with E-state index in [2.05, 4.69) is 21.2 Å². The summed E-state index contributed by atoms with van der Waals surface area (Å²) in [4.78, 5) is 28.8. The second-order valence-electron chi connectivity index (χ2n) is 6.70. The first-order chi connectivity index (χ1) is 12.8. The molecule has 6 nitrogen and oxygen atoms in total. The fourth-order valence-electron chi connectivity index (χ4n) is 2.85. The van der Waals surface area contributed by atoms with Gasteiger partial charge in [0.1, 0.15) is 5.75 Å². The molecular formula is C20H22BrN3O3. The Labute approximate surface area is 167 Å². The van der Waals surface area contributed by atoms with Crippen LogP contribution in [0.3, 0.4) is 0 Å². The van der Waals surface area contributed by atoms with Gasteiger partial charge in [-0.3, -0.25) is 9.59 Å². The zero-order valence-electron chi connectivity index (χ0n) is 15.5. The summed E-state index contributed by atoms with van der Waals surface area (Å²) in [5, 5.41) is 2.88. The zero-order valence-corrected chi connectivity index (χ0v) is 17.1. The van der Waals surface area contributed by atoms with E-state index < -0.39 is 6.10 Å². The number of hydrogen-bond acceptors (Lipinski definition) is 4. The van der Waals surface area contributed by atoms with Crippen molar-refractivity contribution in [3.05, 3.63) is 52.5 Å². The van der Waals surface area contributed by atoms with Crippen LogP contribution < -0.4 is 15.0 Å². The highest BCUT2D eigenvalue weighted by molar-refractivity contribution is 9.10. The summed E-state index contributed by atoms with van der Waals surface area (Å²) in [5.41, 5.74) is 1.83. The van der Waals surface area contributed by atoms with Crippen LogP contribution in [0.1, 0.15) is 17.3 Å². The molecule has 2 amide bonds. The molecule has 2 aromatic rings. The van der Waals surface area contributed by atoms with E-state index in [-0.39, 0.29) is 11.8 Å². The highest BCUT2D eigenvalue weighted by atomic mass is 79.9. The summed E-state index contributed by atoms with van der Waals surface area (Å²) in [5.74, 6) is 0.341. The standard InChI is InChI=1S/C20H22BrN3O3/c1-13-20(26)24(10-9-23(2)3)17-12-16(7-8-18(17)27-13)22-19(25)14-5-4-6-15(21)11-14/h4-8,11-13H,9-10H2,1-3H3,(H,22,25). The average molecular weight is 432 g/mol. The Morgan fingerprint density at radius 2 is 2.04 bits per heavy atom. The van der Waals surface area contributed by atoms with Gasteiger partial charge in [0.05, 0.1) is 5.69 Å². The van der Waals surface area contributed by atoms with E-state index in [0.29, 0.717) is 29.2 Å². The van der Waals surface area contributed by atoms with Crippen molar-refractivity contribution in [3.8, 4) is 5.75 Å². The van der Waals surface area contributed by atoms with Gasteiger partial charge in [-0.1, -0.05) is 22.0 Å². The molecular weight excluding hydrogens is 410 g/mol. The molecule has 0 aliphatic carbocycles. The number of carbonyl (C=O) groups excluding carboxylic acids is 2. The highest BCUT2D eigenvalue weighted by Crippen LogP contribution is 2.36. The van der Waals surface area contributed by atoms with Gasteiger partial charge in [0.2, 0.25) is 0 Å². The number of likely N-dealkylation sites (N-methyl/N-ethyl adjacent to an activating group) is 1. The lowest BCUT2D eigenvalue weighted by atomic mass is 10.1. The van der Waals surface area contributed by atoms with Gasteiger partial charge in [0.15, 0.2) is 6.10 Å². The number of amides is 2. The van der Waals surface area contributed by atoms with Crippen LogP contribution in [-0.2, 0) is 4.79 Å². The fraction of sp³-hybridized carbons (Fsp3) is 0.300. The van der Waals surface area contributed by atoms with Gasteiger partial charge in [0, 0.05) is 28.8 Å². The lowest BCUT2D eigenvalue weighted by Crippen LogP contribution is -2.46. The zero-order chi connectivity index (χ0) is 19.6. The SMILES string of the molecule is CC1Oc2ccc(NC(=O)c3cccc(Br)c3)cc2N(CCN(C)C)C1=O. The molecule has 0 radical (unpaired) electrons. The van der Waals surface area contributed by atoms with E-state index in [9.17, 15) is 9.59 Å². The molecule has 3 rings (SSSR count). The first kappa shape index (κ1) is 19.4. The third-order valence-corrected chi connectivity index (χ3v) is 4.78. The Morgan fingerprint density at radius 1 is 1.26 bits per heavy atom. The maximum atomic E-state index is 12.6. The number of ether oxygens (including phenoxy) is 1. The van der Waals surface area contributed by atoms with Gasteiger partial charge >= 0.3 is 0 Å². The van der Waals surface area contributed by atoms with Gasteiger partial charge in [0.25, 0.3) is 11.8 Å². The van der Waals surface area contributed by atoms with Gasteiger partial charge in [-0.15, -0.1) is 0 Å². The first-order valence-electron chi connectivity index (χ1n) is 8.69. The molecule has 1 N–H and O–H groups in total. The Balaban J connectivity index is 1.85. The molecule has 1 unspecified atom stereocenters. The normalized spacial score (nSPS) is 16.1. The lowest BCUT2D eigenvalue weighted by Gasteiger charge is -2.34. The van der Waals surface area contributed by atoms with Crippen LogP contribution in [0.25, 0.3) is 0 Å². The van der Waals surface area contributed by atoms with Gasteiger partial charge in [-0.25, -0.2) is 0 Å². The number of nitrogens with zero attached hydrogens (tertiary/aromatic N) is 2. The smallest absolute Gasteiger partial charge is 0.267 e. The summed E-state index contributed by atoms with van der Waals surface area (Å²) in [6, 6.07) is 12.5. The molecule has 7 heteroatoms. The van der Waals surface area contributed by atoms with Crippen LogP contribution in [-0.4, -0.2) is 50.0 Å². The Bertz CT molecular complexity index is 869. The van der Waals surface area contributed by atoms with Crippen LogP contribution in [0.4, 0.5) is 11.4 Å². The summed E-state index contributed by atoms with van der Waals surface area (Å²) >= 11 is 3.37. The largest absolute Gasteiger partial charge is 0.479 e. The quantitative estimate of drug-likeness (QED) is 0.787. The second-order valence-corrected chi connectivity index (χ2v) is 7.62. The molecule has 0 aromatic heterocycles. The van der Waals surface area contributed by atoms with Crippen molar-refractivity contribution in [1.29, 1.82) is 0 Å². The monoisotopic (exact) mass is 431 g/mol. The number of carbonyl (C=O) groups is 2. The van der Waals surface area contributed by atoms with E-state index in [1.165, 1.54) is 0 Å². The van der Waals surface area contributed by atoms with Crippen molar-refractivity contribution in [2.45, 2.75) is 13.0 Å². The third kappa shape index (κ3) is 4.48. The van der Waals surface area contributed by atoms with Crippen LogP contribution in [0.2, 0.25) is 0 Å². The van der Waals surface area contributed by atoms with Crippen LogP contribution in [0, 0.1) is 0 Å². The second kappa shape index (κ2) is 8.10. The third-order valence-electron chi connectivity index (χ3n) is 4.28. The minimum absolute atomic E-state index is 0.0835. The number of rotatable bonds is 5. The van der Waals surface area contributed by atoms with E-state index in [1.54, 1.807) is 42.2 Å². The topological polar surface area (TPSA) is 61.9 Å². The van der Waals surface area contributed by atoms with Crippen molar-refractivity contribution in [1.82, 2.24) is 4.90 Å². The highest BCUT2D eigenvalue weighted by Gasteiger charge is 2.31. The maximum Gasteiger partial charge on any atom is 0.267 e. The first-order valence-corrected chi connectivity index (χ1v) is 9.48. The molecule has 0 fully saturated rings. The van der Waals surface area contributed by atoms with Crippen LogP contribution in [0.5, 0.6) is 5.75 Å².